The molecule has 0 spiro atoms. The lowest BCUT2D eigenvalue weighted by Gasteiger charge is -2.10. The van der Waals surface area contributed by atoms with Crippen LogP contribution in [0.3, 0.4) is 0 Å². The van der Waals surface area contributed by atoms with Crippen LogP contribution in [0, 0.1) is 6.92 Å². The van der Waals surface area contributed by atoms with Crippen molar-refractivity contribution in [3.05, 3.63) is 38.9 Å². The Hall–Kier alpha value is -1.13. The van der Waals surface area contributed by atoms with Crippen LogP contribution >= 0.6 is 22.9 Å². The molecule has 100 valence electrons. The molecule has 0 atom stereocenters. The largest absolute Gasteiger partial charge is 0.477 e. The fourth-order valence-corrected chi connectivity index (χ4v) is 2.71. The molecule has 0 radical (unpaired) electrons. The van der Waals surface area contributed by atoms with Crippen LogP contribution in [0.1, 0.15) is 35.0 Å². The van der Waals surface area contributed by atoms with Crippen molar-refractivity contribution >= 4 is 22.9 Å². The maximum atomic E-state index is 6.14. The zero-order chi connectivity index (χ0) is 13.2. The lowest BCUT2D eigenvalue weighted by Crippen LogP contribution is -2.06. The summed E-state index contributed by atoms with van der Waals surface area (Å²) < 4.78 is 5.78. The summed E-state index contributed by atoms with van der Waals surface area (Å²) >= 11 is 7.88. The van der Waals surface area contributed by atoms with E-state index in [9.17, 15) is 0 Å². The molecule has 2 aromatic rings. The summed E-state index contributed by atoms with van der Waals surface area (Å²) in [5.74, 6) is 1.96. The van der Waals surface area contributed by atoms with Gasteiger partial charge in [-0.15, -0.1) is 11.3 Å². The number of halogens is 1. The van der Waals surface area contributed by atoms with Crippen LogP contribution in [0.25, 0.3) is 0 Å². The molecule has 0 unspecified atom stereocenters. The van der Waals surface area contributed by atoms with Gasteiger partial charge in [-0.1, -0.05) is 17.7 Å². The standard InChI is InChI=1S/C14H15ClN2OS/c1-9-12(15)16-13(10-4-5-10)17-14(9)18-7-6-11-3-2-8-19-11/h2-3,8,10H,4-7H2,1H3. The van der Waals surface area contributed by atoms with Gasteiger partial charge >= 0.3 is 0 Å². The third kappa shape index (κ3) is 3.07. The first-order valence-corrected chi connectivity index (χ1v) is 7.69. The van der Waals surface area contributed by atoms with Gasteiger partial charge in [0.2, 0.25) is 5.88 Å². The van der Waals surface area contributed by atoms with Gasteiger partial charge in [0.05, 0.1) is 6.61 Å². The predicted octanol–water partition coefficient (Wildman–Crippen LogP) is 4.00. The third-order valence-corrected chi connectivity index (χ3v) is 4.47. The summed E-state index contributed by atoms with van der Waals surface area (Å²) in [7, 11) is 0. The minimum atomic E-state index is 0.484. The van der Waals surface area contributed by atoms with Crippen molar-refractivity contribution in [3.63, 3.8) is 0 Å². The van der Waals surface area contributed by atoms with Crippen LogP contribution in [0.15, 0.2) is 17.5 Å². The minimum Gasteiger partial charge on any atom is -0.477 e. The second-order valence-corrected chi connectivity index (χ2v) is 6.15. The van der Waals surface area contributed by atoms with E-state index in [2.05, 4.69) is 27.5 Å². The van der Waals surface area contributed by atoms with Gasteiger partial charge in [0, 0.05) is 22.8 Å². The van der Waals surface area contributed by atoms with E-state index in [1.54, 1.807) is 11.3 Å². The van der Waals surface area contributed by atoms with E-state index < -0.39 is 0 Å². The van der Waals surface area contributed by atoms with E-state index >= 15 is 0 Å². The van der Waals surface area contributed by atoms with Crippen LogP contribution in [-0.4, -0.2) is 16.6 Å². The molecule has 2 heterocycles. The Kier molecular flexibility index (Phi) is 3.71. The highest BCUT2D eigenvalue weighted by Crippen LogP contribution is 2.39. The monoisotopic (exact) mass is 294 g/mol. The van der Waals surface area contributed by atoms with Crippen LogP contribution in [-0.2, 0) is 6.42 Å². The molecule has 19 heavy (non-hydrogen) atoms. The Morgan fingerprint density at radius 3 is 2.95 bits per heavy atom. The molecule has 0 bridgehead atoms. The number of ether oxygens (including phenoxy) is 1. The summed E-state index contributed by atoms with van der Waals surface area (Å²) in [6.07, 6.45) is 3.22. The van der Waals surface area contributed by atoms with Crippen LogP contribution in [0.2, 0.25) is 5.15 Å². The number of rotatable bonds is 5. The van der Waals surface area contributed by atoms with Gasteiger partial charge in [-0.3, -0.25) is 0 Å². The Bertz CT molecular complexity index is 567. The Balaban J connectivity index is 1.69. The zero-order valence-electron chi connectivity index (χ0n) is 10.7. The quantitative estimate of drug-likeness (QED) is 0.782. The van der Waals surface area contributed by atoms with E-state index in [1.165, 1.54) is 4.88 Å². The predicted molar refractivity (Wildman–Crippen MR) is 77.3 cm³/mol. The molecular formula is C14H15ClN2OS. The van der Waals surface area contributed by atoms with Crippen molar-refractivity contribution in [2.24, 2.45) is 0 Å². The van der Waals surface area contributed by atoms with Crippen molar-refractivity contribution < 1.29 is 4.74 Å². The molecule has 3 rings (SSSR count). The molecule has 1 aliphatic carbocycles. The van der Waals surface area contributed by atoms with Crippen molar-refractivity contribution in [1.29, 1.82) is 0 Å². The number of hydrogen-bond donors (Lipinski definition) is 0. The van der Waals surface area contributed by atoms with E-state index in [1.807, 2.05) is 6.92 Å². The molecule has 0 N–H and O–H groups in total. The first kappa shape index (κ1) is 12.9. The fraction of sp³-hybridized carbons (Fsp3) is 0.429. The summed E-state index contributed by atoms with van der Waals surface area (Å²) in [6, 6.07) is 4.17. The molecular weight excluding hydrogens is 280 g/mol. The van der Waals surface area contributed by atoms with Crippen LogP contribution in [0.4, 0.5) is 0 Å². The topological polar surface area (TPSA) is 35.0 Å². The molecule has 0 aromatic carbocycles. The third-order valence-electron chi connectivity index (χ3n) is 3.17. The first-order chi connectivity index (χ1) is 9.24. The van der Waals surface area contributed by atoms with Gasteiger partial charge in [0.1, 0.15) is 11.0 Å². The maximum absolute atomic E-state index is 6.14. The number of hydrogen-bond acceptors (Lipinski definition) is 4. The van der Waals surface area contributed by atoms with Gasteiger partial charge in [0.25, 0.3) is 0 Å². The second-order valence-electron chi connectivity index (χ2n) is 4.75. The van der Waals surface area contributed by atoms with Crippen molar-refractivity contribution in [3.8, 4) is 5.88 Å². The number of nitrogens with zero attached hydrogens (tertiary/aromatic N) is 2. The second kappa shape index (κ2) is 5.47. The summed E-state index contributed by atoms with van der Waals surface area (Å²) in [4.78, 5) is 10.1. The fourth-order valence-electron chi connectivity index (χ4n) is 1.85. The minimum absolute atomic E-state index is 0.484. The Morgan fingerprint density at radius 1 is 1.42 bits per heavy atom. The van der Waals surface area contributed by atoms with Gasteiger partial charge < -0.3 is 4.74 Å². The Morgan fingerprint density at radius 2 is 2.26 bits per heavy atom. The normalized spacial score (nSPS) is 14.6. The highest BCUT2D eigenvalue weighted by atomic mass is 35.5. The first-order valence-electron chi connectivity index (χ1n) is 6.43. The molecule has 5 heteroatoms. The molecule has 0 saturated heterocycles. The SMILES string of the molecule is Cc1c(Cl)nc(C2CC2)nc1OCCc1cccs1. The lowest BCUT2D eigenvalue weighted by molar-refractivity contribution is 0.306. The molecule has 3 nitrogen and oxygen atoms in total. The van der Waals surface area contributed by atoms with Gasteiger partial charge in [-0.2, -0.15) is 4.98 Å². The molecule has 0 aliphatic heterocycles. The van der Waals surface area contributed by atoms with Crippen molar-refractivity contribution in [2.75, 3.05) is 6.61 Å². The van der Waals surface area contributed by atoms with E-state index in [0.717, 1.165) is 30.7 Å². The summed E-state index contributed by atoms with van der Waals surface area (Å²) in [5, 5.41) is 2.59. The van der Waals surface area contributed by atoms with Gasteiger partial charge in [0.15, 0.2) is 0 Å². The molecule has 1 aliphatic rings. The molecule has 1 fully saturated rings. The van der Waals surface area contributed by atoms with Crippen LogP contribution < -0.4 is 4.74 Å². The van der Waals surface area contributed by atoms with Crippen molar-refractivity contribution in [2.45, 2.75) is 32.1 Å². The smallest absolute Gasteiger partial charge is 0.221 e. The average Bonchev–Trinajstić information content (AvgIpc) is 3.12. The van der Waals surface area contributed by atoms with Crippen molar-refractivity contribution in [1.82, 2.24) is 9.97 Å². The maximum Gasteiger partial charge on any atom is 0.221 e. The van der Waals surface area contributed by atoms with Gasteiger partial charge in [-0.25, -0.2) is 4.98 Å². The van der Waals surface area contributed by atoms with Gasteiger partial charge in [-0.05, 0) is 31.2 Å². The zero-order valence-corrected chi connectivity index (χ0v) is 12.3. The van der Waals surface area contributed by atoms with Crippen LogP contribution in [0.5, 0.6) is 5.88 Å². The highest BCUT2D eigenvalue weighted by Gasteiger charge is 2.28. The van der Waals surface area contributed by atoms with E-state index in [-0.39, 0.29) is 0 Å². The molecule has 1 saturated carbocycles. The van der Waals surface area contributed by atoms with E-state index in [4.69, 9.17) is 16.3 Å². The average molecular weight is 295 g/mol. The lowest BCUT2D eigenvalue weighted by atomic mass is 10.3. The summed E-state index contributed by atoms with van der Waals surface area (Å²) in [6.45, 7) is 2.53. The van der Waals surface area contributed by atoms with E-state index in [0.29, 0.717) is 23.6 Å². The molecule has 2 aromatic heterocycles. The Labute approximate surface area is 121 Å². The number of aromatic nitrogens is 2. The highest BCUT2D eigenvalue weighted by molar-refractivity contribution is 7.09. The number of thiophene rings is 1. The molecule has 0 amide bonds. The summed E-state index contributed by atoms with van der Waals surface area (Å²) in [5.41, 5.74) is 0.831.